The Morgan fingerprint density at radius 2 is 2.08 bits per heavy atom. The van der Waals surface area contributed by atoms with Crippen LogP contribution < -0.4 is 0 Å². The Bertz CT molecular complexity index is 218. The molecule has 0 saturated carbocycles. The van der Waals surface area contributed by atoms with E-state index >= 15 is 0 Å². The van der Waals surface area contributed by atoms with Gasteiger partial charge in [0.15, 0.2) is 0 Å². The van der Waals surface area contributed by atoms with Gasteiger partial charge in [-0.05, 0) is 50.5 Å². The van der Waals surface area contributed by atoms with E-state index in [1.165, 1.54) is 19.3 Å². The fourth-order valence-corrected chi connectivity index (χ4v) is 2.10. The second-order valence-electron chi connectivity index (χ2n) is 4.55. The standard InChI is InChI=1S/C13H22/c1-5-6-13-9-12(10(2)3)8-7-11(13)4/h5-6,10,12H,7-9H2,1-4H3/b6-5-. The maximum Gasteiger partial charge on any atom is -0.0248 e. The van der Waals surface area contributed by atoms with Gasteiger partial charge in [-0.25, -0.2) is 0 Å². The van der Waals surface area contributed by atoms with Gasteiger partial charge in [-0.2, -0.15) is 0 Å². The highest BCUT2D eigenvalue weighted by molar-refractivity contribution is 5.27. The van der Waals surface area contributed by atoms with E-state index in [1.807, 2.05) is 0 Å². The zero-order chi connectivity index (χ0) is 9.84. The largest absolute Gasteiger partial charge is 0.0874 e. The molecule has 1 aliphatic rings. The van der Waals surface area contributed by atoms with Gasteiger partial charge in [-0.1, -0.05) is 31.6 Å². The lowest BCUT2D eigenvalue weighted by Gasteiger charge is -2.27. The fourth-order valence-electron chi connectivity index (χ4n) is 2.10. The quantitative estimate of drug-likeness (QED) is 0.590. The van der Waals surface area contributed by atoms with Gasteiger partial charge < -0.3 is 0 Å². The van der Waals surface area contributed by atoms with Crippen LogP contribution >= 0.6 is 0 Å². The minimum absolute atomic E-state index is 0.841. The van der Waals surface area contributed by atoms with Crippen LogP contribution in [0.15, 0.2) is 23.3 Å². The molecule has 0 heteroatoms. The Labute approximate surface area is 82.7 Å². The van der Waals surface area contributed by atoms with Gasteiger partial charge in [0.1, 0.15) is 0 Å². The third-order valence-corrected chi connectivity index (χ3v) is 3.23. The van der Waals surface area contributed by atoms with Crippen LogP contribution in [0.5, 0.6) is 0 Å². The van der Waals surface area contributed by atoms with E-state index in [0.717, 1.165) is 11.8 Å². The summed E-state index contributed by atoms with van der Waals surface area (Å²) in [7, 11) is 0. The zero-order valence-electron chi connectivity index (χ0n) is 9.43. The number of hydrogen-bond acceptors (Lipinski definition) is 0. The van der Waals surface area contributed by atoms with Crippen molar-refractivity contribution >= 4 is 0 Å². The third-order valence-electron chi connectivity index (χ3n) is 3.23. The number of hydrogen-bond donors (Lipinski definition) is 0. The van der Waals surface area contributed by atoms with Crippen molar-refractivity contribution in [1.82, 2.24) is 0 Å². The molecule has 0 amide bonds. The van der Waals surface area contributed by atoms with Crippen LogP contribution in [-0.4, -0.2) is 0 Å². The van der Waals surface area contributed by atoms with E-state index in [1.54, 1.807) is 11.1 Å². The van der Waals surface area contributed by atoms with Gasteiger partial charge in [-0.15, -0.1) is 0 Å². The van der Waals surface area contributed by atoms with Crippen molar-refractivity contribution < 1.29 is 0 Å². The molecular formula is C13H22. The summed E-state index contributed by atoms with van der Waals surface area (Å²) in [6.45, 7) is 9.09. The first-order chi connectivity index (χ1) is 6.15. The van der Waals surface area contributed by atoms with Crippen LogP contribution in [0.1, 0.15) is 47.0 Å². The van der Waals surface area contributed by atoms with Crippen LogP contribution in [0, 0.1) is 11.8 Å². The molecular weight excluding hydrogens is 156 g/mol. The second kappa shape index (κ2) is 4.64. The van der Waals surface area contributed by atoms with E-state index in [4.69, 9.17) is 0 Å². The minimum Gasteiger partial charge on any atom is -0.0874 e. The Morgan fingerprint density at radius 1 is 1.38 bits per heavy atom. The average molecular weight is 178 g/mol. The van der Waals surface area contributed by atoms with Crippen molar-refractivity contribution in [1.29, 1.82) is 0 Å². The molecule has 13 heavy (non-hydrogen) atoms. The summed E-state index contributed by atoms with van der Waals surface area (Å²) in [5.41, 5.74) is 3.20. The summed E-state index contributed by atoms with van der Waals surface area (Å²) in [6.07, 6.45) is 8.46. The van der Waals surface area contributed by atoms with E-state index in [-0.39, 0.29) is 0 Å². The monoisotopic (exact) mass is 178 g/mol. The van der Waals surface area contributed by atoms with Crippen LogP contribution in [0.3, 0.4) is 0 Å². The average Bonchev–Trinajstić information content (AvgIpc) is 2.08. The lowest BCUT2D eigenvalue weighted by molar-refractivity contribution is 0.344. The fraction of sp³-hybridized carbons (Fsp3) is 0.692. The highest BCUT2D eigenvalue weighted by atomic mass is 14.2. The third kappa shape index (κ3) is 2.72. The Kier molecular flexibility index (Phi) is 3.77. The maximum absolute atomic E-state index is 2.35. The SMILES string of the molecule is C/C=C\C1=C(C)CCC(C(C)C)C1. The van der Waals surface area contributed by atoms with E-state index in [0.29, 0.717) is 0 Å². The molecule has 0 aromatic heterocycles. The smallest absolute Gasteiger partial charge is 0.0248 e. The van der Waals surface area contributed by atoms with Crippen LogP contribution in [0.2, 0.25) is 0 Å². The first-order valence-corrected chi connectivity index (χ1v) is 5.46. The van der Waals surface area contributed by atoms with Crippen molar-refractivity contribution in [3.05, 3.63) is 23.3 Å². The molecule has 1 rings (SSSR count). The predicted octanol–water partition coefficient (Wildman–Crippen LogP) is 4.34. The number of rotatable bonds is 2. The molecule has 0 radical (unpaired) electrons. The summed E-state index contributed by atoms with van der Waals surface area (Å²) in [6, 6.07) is 0. The maximum atomic E-state index is 2.35. The van der Waals surface area contributed by atoms with E-state index in [9.17, 15) is 0 Å². The Hall–Kier alpha value is -0.520. The molecule has 0 aromatic rings. The molecule has 0 aromatic carbocycles. The zero-order valence-corrected chi connectivity index (χ0v) is 9.43. The lowest BCUT2D eigenvalue weighted by Crippen LogP contribution is -2.14. The van der Waals surface area contributed by atoms with E-state index in [2.05, 4.69) is 39.8 Å². The van der Waals surface area contributed by atoms with Crippen molar-refractivity contribution in [2.24, 2.45) is 11.8 Å². The Balaban J connectivity index is 2.70. The van der Waals surface area contributed by atoms with Gasteiger partial charge >= 0.3 is 0 Å². The van der Waals surface area contributed by atoms with Crippen LogP contribution in [0.4, 0.5) is 0 Å². The lowest BCUT2D eigenvalue weighted by atomic mass is 9.78. The number of allylic oxidation sites excluding steroid dienone is 4. The molecule has 1 atom stereocenters. The highest BCUT2D eigenvalue weighted by Gasteiger charge is 2.19. The van der Waals surface area contributed by atoms with Crippen LogP contribution in [0.25, 0.3) is 0 Å². The van der Waals surface area contributed by atoms with E-state index < -0.39 is 0 Å². The van der Waals surface area contributed by atoms with Gasteiger partial charge in [0, 0.05) is 0 Å². The topological polar surface area (TPSA) is 0 Å². The molecule has 1 aliphatic carbocycles. The molecule has 0 spiro atoms. The van der Waals surface area contributed by atoms with Crippen molar-refractivity contribution in [3.8, 4) is 0 Å². The molecule has 0 fully saturated rings. The molecule has 0 aliphatic heterocycles. The molecule has 0 nitrogen and oxygen atoms in total. The van der Waals surface area contributed by atoms with Crippen molar-refractivity contribution in [2.45, 2.75) is 47.0 Å². The van der Waals surface area contributed by atoms with Crippen molar-refractivity contribution in [3.63, 3.8) is 0 Å². The predicted molar refractivity (Wildman–Crippen MR) is 59.7 cm³/mol. The summed E-state index contributed by atoms with van der Waals surface area (Å²) in [5, 5.41) is 0. The minimum atomic E-state index is 0.841. The molecule has 0 N–H and O–H groups in total. The first-order valence-electron chi connectivity index (χ1n) is 5.46. The van der Waals surface area contributed by atoms with Gasteiger partial charge in [0.2, 0.25) is 0 Å². The normalized spacial score (nSPS) is 24.8. The van der Waals surface area contributed by atoms with Gasteiger partial charge in [-0.3, -0.25) is 0 Å². The van der Waals surface area contributed by atoms with Gasteiger partial charge in [0.05, 0.1) is 0 Å². The molecule has 1 unspecified atom stereocenters. The van der Waals surface area contributed by atoms with Crippen molar-refractivity contribution in [2.75, 3.05) is 0 Å². The second-order valence-corrected chi connectivity index (χ2v) is 4.55. The molecule has 0 saturated heterocycles. The molecule has 0 heterocycles. The molecule has 0 bridgehead atoms. The first kappa shape index (κ1) is 10.6. The summed E-state index contributed by atoms with van der Waals surface area (Å²) < 4.78 is 0. The van der Waals surface area contributed by atoms with Crippen LogP contribution in [-0.2, 0) is 0 Å². The summed E-state index contributed by atoms with van der Waals surface area (Å²) in [5.74, 6) is 1.75. The Morgan fingerprint density at radius 3 is 2.62 bits per heavy atom. The summed E-state index contributed by atoms with van der Waals surface area (Å²) >= 11 is 0. The summed E-state index contributed by atoms with van der Waals surface area (Å²) in [4.78, 5) is 0. The molecule has 74 valence electrons. The van der Waals surface area contributed by atoms with Gasteiger partial charge in [0.25, 0.3) is 0 Å². The highest BCUT2D eigenvalue weighted by Crippen LogP contribution is 2.34.